The quantitative estimate of drug-likeness (QED) is 0.150. The van der Waals surface area contributed by atoms with E-state index in [0.29, 0.717) is 17.5 Å². The Morgan fingerprint density at radius 3 is 1.46 bits per heavy atom. The van der Waals surface area contributed by atoms with Crippen LogP contribution in [0.15, 0.2) is 249 Å². The van der Waals surface area contributed by atoms with Gasteiger partial charge in [-0.05, 0) is 117 Å². The summed E-state index contributed by atoms with van der Waals surface area (Å²) in [5.74, 6) is 1.81. The molecule has 70 heavy (non-hydrogen) atoms. The van der Waals surface area contributed by atoms with Gasteiger partial charge in [0.05, 0.1) is 22.1 Å². The number of hydrogen-bond donors (Lipinski definition) is 0. The van der Waals surface area contributed by atoms with Gasteiger partial charge in [0.1, 0.15) is 0 Å². The Balaban J connectivity index is 1.05. The summed E-state index contributed by atoms with van der Waals surface area (Å²) in [6.45, 7) is 0. The highest BCUT2D eigenvalue weighted by Crippen LogP contribution is 2.42. The molecule has 3 heterocycles. The SMILES string of the molecule is c1ccc(-c2ccc3c4ccccc4n(-c4cc(-c5nc(-c6ccccc6)nc(-c6ccc7c(c6)c6ccccc6n7-c6ccccc6)n5)cc(-c5cc6ccccc6c6ccccc56)c4)c3c2)cc1. The number of fused-ring (bicyclic) bond motifs is 9. The zero-order chi connectivity index (χ0) is 46.1. The molecule has 0 unspecified atom stereocenters. The summed E-state index contributed by atoms with van der Waals surface area (Å²) >= 11 is 0. The van der Waals surface area contributed by atoms with Crippen LogP contribution in [0.25, 0.3) is 133 Å². The number of aromatic nitrogens is 5. The van der Waals surface area contributed by atoms with Crippen LogP contribution in [0.1, 0.15) is 0 Å². The van der Waals surface area contributed by atoms with Gasteiger partial charge in [-0.1, -0.05) is 176 Å². The minimum atomic E-state index is 0.592. The lowest BCUT2D eigenvalue weighted by atomic mass is 9.92. The average molecular weight is 892 g/mol. The van der Waals surface area contributed by atoms with E-state index in [9.17, 15) is 0 Å². The van der Waals surface area contributed by atoms with Crippen LogP contribution in [0.5, 0.6) is 0 Å². The van der Waals surface area contributed by atoms with E-state index < -0.39 is 0 Å². The number of rotatable bonds is 7. The second kappa shape index (κ2) is 16.1. The first kappa shape index (κ1) is 39.7. The summed E-state index contributed by atoms with van der Waals surface area (Å²) in [7, 11) is 0. The molecule has 0 aliphatic rings. The van der Waals surface area contributed by atoms with Crippen molar-refractivity contribution in [3.05, 3.63) is 249 Å². The van der Waals surface area contributed by atoms with Crippen molar-refractivity contribution in [3.63, 3.8) is 0 Å². The highest BCUT2D eigenvalue weighted by Gasteiger charge is 2.21. The lowest BCUT2D eigenvalue weighted by Crippen LogP contribution is -2.02. The monoisotopic (exact) mass is 891 g/mol. The smallest absolute Gasteiger partial charge is 0.164 e. The van der Waals surface area contributed by atoms with Crippen LogP contribution in [0, 0.1) is 0 Å². The highest BCUT2D eigenvalue weighted by atomic mass is 15.0. The van der Waals surface area contributed by atoms with Gasteiger partial charge in [-0.25, -0.2) is 15.0 Å². The Kier molecular flexibility index (Phi) is 9.14. The van der Waals surface area contributed by atoms with Crippen LogP contribution in [0.4, 0.5) is 0 Å². The van der Waals surface area contributed by atoms with Gasteiger partial charge in [-0.3, -0.25) is 0 Å². The molecular formula is C65H41N5. The normalized spacial score (nSPS) is 11.7. The zero-order valence-corrected chi connectivity index (χ0v) is 37.9. The third kappa shape index (κ3) is 6.51. The van der Waals surface area contributed by atoms with Crippen molar-refractivity contribution >= 4 is 65.2 Å². The number of para-hydroxylation sites is 3. The third-order valence-corrected chi connectivity index (χ3v) is 13.9. The second-order valence-corrected chi connectivity index (χ2v) is 18.0. The predicted octanol–water partition coefficient (Wildman–Crippen LogP) is 16.7. The van der Waals surface area contributed by atoms with Crippen LogP contribution in [-0.2, 0) is 0 Å². The molecule has 0 saturated carbocycles. The van der Waals surface area contributed by atoms with E-state index in [-0.39, 0.29) is 0 Å². The van der Waals surface area contributed by atoms with Gasteiger partial charge in [0.25, 0.3) is 0 Å². The lowest BCUT2D eigenvalue weighted by Gasteiger charge is -2.16. The summed E-state index contributed by atoms with van der Waals surface area (Å²) in [5, 5.41) is 9.50. The molecule has 14 aromatic rings. The van der Waals surface area contributed by atoms with E-state index in [2.05, 4.69) is 240 Å². The van der Waals surface area contributed by atoms with E-state index in [4.69, 9.17) is 15.0 Å². The highest BCUT2D eigenvalue weighted by molar-refractivity contribution is 6.15. The van der Waals surface area contributed by atoms with E-state index >= 15 is 0 Å². The maximum absolute atomic E-state index is 5.46. The summed E-state index contributed by atoms with van der Waals surface area (Å²) in [6.07, 6.45) is 0. The fourth-order valence-corrected chi connectivity index (χ4v) is 10.7. The Hall–Kier alpha value is -9.45. The first-order chi connectivity index (χ1) is 34.7. The fourth-order valence-electron chi connectivity index (χ4n) is 10.7. The van der Waals surface area contributed by atoms with E-state index in [1.807, 2.05) is 18.2 Å². The van der Waals surface area contributed by atoms with Crippen molar-refractivity contribution < 1.29 is 0 Å². The molecule has 0 spiro atoms. The van der Waals surface area contributed by atoms with Crippen molar-refractivity contribution in [1.29, 1.82) is 0 Å². The number of nitrogens with zero attached hydrogens (tertiary/aromatic N) is 5. The van der Waals surface area contributed by atoms with Gasteiger partial charge in [0, 0.05) is 49.6 Å². The van der Waals surface area contributed by atoms with Crippen LogP contribution < -0.4 is 0 Å². The standard InChI is InChI=1S/C65H41N5/c1-4-18-42(19-5-1)44-32-34-56-54-28-14-16-30-59(54)70(62(56)41-44)50-37-47(57-39-45-22-10-11-25-51(45)52-26-12-13-27-53(52)57)36-48(38-50)65-67-63(43-20-6-2-7-21-43)66-64(68-65)46-33-35-61-58(40-46)55-29-15-17-31-60(55)69(61)49-23-8-3-9-24-49/h1-41H. The van der Waals surface area contributed by atoms with Gasteiger partial charge >= 0.3 is 0 Å². The van der Waals surface area contributed by atoms with Crippen molar-refractivity contribution in [2.45, 2.75) is 0 Å². The largest absolute Gasteiger partial charge is 0.309 e. The minimum Gasteiger partial charge on any atom is -0.309 e. The van der Waals surface area contributed by atoms with Gasteiger partial charge in [0.15, 0.2) is 17.5 Å². The summed E-state index contributed by atoms with van der Waals surface area (Å²) < 4.78 is 4.76. The van der Waals surface area contributed by atoms with Crippen LogP contribution in [0.3, 0.4) is 0 Å². The topological polar surface area (TPSA) is 48.5 Å². The van der Waals surface area contributed by atoms with Crippen molar-refractivity contribution in [1.82, 2.24) is 24.1 Å². The van der Waals surface area contributed by atoms with Gasteiger partial charge in [-0.15, -0.1) is 0 Å². The van der Waals surface area contributed by atoms with Gasteiger partial charge in [-0.2, -0.15) is 0 Å². The first-order valence-electron chi connectivity index (χ1n) is 23.8. The van der Waals surface area contributed by atoms with Crippen LogP contribution in [-0.4, -0.2) is 24.1 Å². The van der Waals surface area contributed by atoms with E-state index in [1.165, 1.54) is 43.3 Å². The summed E-state index contributed by atoms with van der Waals surface area (Å²) in [6, 6.07) is 88.9. The molecule has 0 amide bonds. The van der Waals surface area contributed by atoms with Crippen molar-refractivity contribution in [2.24, 2.45) is 0 Å². The molecule has 0 bridgehead atoms. The maximum atomic E-state index is 5.46. The molecule has 5 heteroatoms. The second-order valence-electron chi connectivity index (χ2n) is 18.0. The predicted molar refractivity (Wildman–Crippen MR) is 291 cm³/mol. The Morgan fingerprint density at radius 2 is 0.729 bits per heavy atom. The molecule has 14 rings (SSSR count). The Morgan fingerprint density at radius 1 is 0.229 bits per heavy atom. The fraction of sp³-hybridized carbons (Fsp3) is 0. The summed E-state index contributed by atoms with van der Waals surface area (Å²) in [4.78, 5) is 16.1. The molecule has 0 radical (unpaired) electrons. The van der Waals surface area contributed by atoms with Crippen LogP contribution >= 0.6 is 0 Å². The van der Waals surface area contributed by atoms with E-state index in [0.717, 1.165) is 72.2 Å². The molecule has 3 aromatic heterocycles. The number of hydrogen-bond acceptors (Lipinski definition) is 3. The molecule has 0 fully saturated rings. The molecule has 326 valence electrons. The minimum absolute atomic E-state index is 0.592. The molecule has 5 nitrogen and oxygen atoms in total. The van der Waals surface area contributed by atoms with Crippen molar-refractivity contribution in [3.8, 4) is 67.8 Å². The maximum Gasteiger partial charge on any atom is 0.164 e. The first-order valence-corrected chi connectivity index (χ1v) is 23.8. The summed E-state index contributed by atoms with van der Waals surface area (Å²) in [5.41, 5.74) is 13.9. The van der Waals surface area contributed by atoms with Gasteiger partial charge < -0.3 is 9.13 Å². The zero-order valence-electron chi connectivity index (χ0n) is 37.9. The Labute approximate surface area is 403 Å². The van der Waals surface area contributed by atoms with E-state index in [1.54, 1.807) is 0 Å². The molecule has 0 atom stereocenters. The third-order valence-electron chi connectivity index (χ3n) is 13.9. The molecular weight excluding hydrogens is 851 g/mol. The molecule has 0 N–H and O–H groups in total. The van der Waals surface area contributed by atoms with Gasteiger partial charge in [0.2, 0.25) is 0 Å². The average Bonchev–Trinajstić information content (AvgIpc) is 3.95. The molecule has 0 aliphatic carbocycles. The lowest BCUT2D eigenvalue weighted by molar-refractivity contribution is 1.07. The molecule has 0 saturated heterocycles. The van der Waals surface area contributed by atoms with Crippen LogP contribution in [0.2, 0.25) is 0 Å². The Bertz CT molecular complexity index is 4340. The number of benzene rings is 11. The molecule has 0 aliphatic heterocycles. The molecule has 11 aromatic carbocycles. The van der Waals surface area contributed by atoms with Crippen molar-refractivity contribution in [2.75, 3.05) is 0 Å².